The summed E-state index contributed by atoms with van der Waals surface area (Å²) in [6.07, 6.45) is 1.33. The van der Waals surface area contributed by atoms with E-state index in [1.807, 2.05) is 37.3 Å². The Bertz CT molecular complexity index is 1410. The largest absolute Gasteiger partial charge is 0.490 e. The molecular weight excluding hydrogens is 622 g/mol. The number of carboxylic acid groups (broad SMARTS) is 1. The second kappa shape index (κ2) is 17.9. The fourth-order valence-corrected chi connectivity index (χ4v) is 5.49. The van der Waals surface area contributed by atoms with Gasteiger partial charge < -0.3 is 39.3 Å². The van der Waals surface area contributed by atoms with Gasteiger partial charge >= 0.3 is 18.2 Å². The molecule has 0 saturated carbocycles. The molecule has 4 rings (SSSR count). The molecule has 14 nitrogen and oxygen atoms in total. The highest BCUT2D eigenvalue weighted by Crippen LogP contribution is 2.26. The topological polar surface area (TPSA) is 168 Å². The third kappa shape index (κ3) is 10.3. The van der Waals surface area contributed by atoms with Crippen molar-refractivity contribution < 1.29 is 43.3 Å². The molecule has 0 unspecified atom stereocenters. The number of aliphatic carboxylic acids is 1. The number of nitrogens with zero attached hydrogens (tertiary/aromatic N) is 4. The highest BCUT2D eigenvalue weighted by atomic mass is 16.6. The Morgan fingerprint density at radius 1 is 0.896 bits per heavy atom. The van der Waals surface area contributed by atoms with Crippen LogP contribution in [0.3, 0.4) is 0 Å². The van der Waals surface area contributed by atoms with Gasteiger partial charge in [0.05, 0.1) is 18.9 Å². The van der Waals surface area contributed by atoms with Crippen LogP contribution < -0.4 is 10.1 Å². The van der Waals surface area contributed by atoms with Crippen molar-refractivity contribution in [3.05, 3.63) is 48.2 Å². The molecule has 2 aromatic rings. The zero-order chi connectivity index (χ0) is 34.5. The number of likely N-dealkylation sites (tertiary alicyclic amines) is 1. The van der Waals surface area contributed by atoms with Crippen molar-refractivity contribution in [2.45, 2.75) is 64.5 Å². The molecule has 2 aliphatic rings. The number of piperazine rings is 1. The first-order chi connectivity index (χ1) is 23.2. The molecule has 2 aliphatic heterocycles. The van der Waals surface area contributed by atoms with Gasteiger partial charge in [-0.3, -0.25) is 14.4 Å². The second-order valence-corrected chi connectivity index (χ2v) is 11.7. The van der Waals surface area contributed by atoms with Gasteiger partial charge in [0.2, 0.25) is 5.91 Å². The molecular formula is C34H45N5O9. The van der Waals surface area contributed by atoms with E-state index in [9.17, 15) is 29.1 Å². The minimum Gasteiger partial charge on any atom is -0.490 e. The minimum atomic E-state index is -1.13. The molecule has 1 aromatic carbocycles. The number of hydrogen-bond acceptors (Lipinski definition) is 9. The Balaban J connectivity index is 1.47. The van der Waals surface area contributed by atoms with Crippen LogP contribution in [0.15, 0.2) is 42.5 Å². The van der Waals surface area contributed by atoms with Crippen LogP contribution in [0.5, 0.6) is 5.75 Å². The van der Waals surface area contributed by atoms with Gasteiger partial charge in [0.1, 0.15) is 23.6 Å². The number of benzene rings is 1. The third-order valence-corrected chi connectivity index (χ3v) is 8.20. The fraction of sp³-hybridized carbons (Fsp3) is 0.529. The first-order valence-corrected chi connectivity index (χ1v) is 16.6. The van der Waals surface area contributed by atoms with E-state index < -0.39 is 29.9 Å². The van der Waals surface area contributed by atoms with Crippen LogP contribution in [0.25, 0.3) is 11.3 Å². The normalized spacial score (nSPS) is 15.8. The van der Waals surface area contributed by atoms with Gasteiger partial charge in [-0.15, -0.1) is 0 Å². The summed E-state index contributed by atoms with van der Waals surface area (Å²) in [6, 6.07) is 11.4. The van der Waals surface area contributed by atoms with Crippen molar-refractivity contribution in [3.63, 3.8) is 0 Å². The van der Waals surface area contributed by atoms with E-state index in [1.54, 1.807) is 17.9 Å². The summed E-state index contributed by atoms with van der Waals surface area (Å²) in [6.45, 7) is 6.28. The predicted octanol–water partition coefficient (Wildman–Crippen LogP) is 3.79. The highest BCUT2D eigenvalue weighted by Gasteiger charge is 2.32. The van der Waals surface area contributed by atoms with Crippen LogP contribution in [0.1, 0.15) is 62.9 Å². The number of pyridine rings is 1. The first kappa shape index (κ1) is 36.0. The number of piperidine rings is 1. The van der Waals surface area contributed by atoms with Crippen molar-refractivity contribution >= 4 is 30.0 Å². The standard InChI is InChI=1S/C34H45N5O9/c1-3-5-21-47-34(45)39-19-17-37(18-20-39)32(43)27(11-12-30(40)41)36-31(42)29-23-26(22-28(35-29)24-9-7-6-8-10-24)48-25-13-15-38(16-14-25)33(44)46-4-2/h6-10,22-23,25,27H,3-5,11-21H2,1-2H3,(H,36,42)(H,40,41)/t27-/m0/s1. The summed E-state index contributed by atoms with van der Waals surface area (Å²) in [5.74, 6) is -1.79. The van der Waals surface area contributed by atoms with Gasteiger partial charge in [0, 0.05) is 76.2 Å². The number of carboxylic acids is 1. The molecule has 3 heterocycles. The average molecular weight is 668 g/mol. The number of ether oxygens (including phenoxy) is 3. The van der Waals surface area contributed by atoms with Crippen LogP contribution >= 0.6 is 0 Å². The van der Waals surface area contributed by atoms with Crippen molar-refractivity contribution in [1.82, 2.24) is 25.0 Å². The Morgan fingerprint density at radius 2 is 1.54 bits per heavy atom. The van der Waals surface area contributed by atoms with E-state index in [-0.39, 0.29) is 56.9 Å². The lowest BCUT2D eigenvalue weighted by Crippen LogP contribution is -2.56. The van der Waals surface area contributed by atoms with Gasteiger partial charge in [-0.2, -0.15) is 0 Å². The number of amides is 4. The lowest BCUT2D eigenvalue weighted by atomic mass is 10.1. The Hall–Kier alpha value is -4.88. The summed E-state index contributed by atoms with van der Waals surface area (Å²) in [5.41, 5.74) is 1.24. The van der Waals surface area contributed by atoms with Crippen LogP contribution in [0.2, 0.25) is 0 Å². The lowest BCUT2D eigenvalue weighted by Gasteiger charge is -2.36. The Labute approximate surface area is 280 Å². The average Bonchev–Trinajstić information content (AvgIpc) is 3.10. The van der Waals surface area contributed by atoms with Crippen molar-refractivity contribution in [3.8, 4) is 17.0 Å². The number of carbonyl (C=O) groups is 5. The zero-order valence-corrected chi connectivity index (χ0v) is 27.6. The van der Waals surface area contributed by atoms with Crippen LogP contribution in [-0.2, 0) is 19.1 Å². The highest BCUT2D eigenvalue weighted by molar-refractivity contribution is 5.97. The molecule has 2 N–H and O–H groups in total. The molecule has 14 heteroatoms. The summed E-state index contributed by atoms with van der Waals surface area (Å²) >= 11 is 0. The summed E-state index contributed by atoms with van der Waals surface area (Å²) < 4.78 is 16.7. The van der Waals surface area contributed by atoms with Gasteiger partial charge in [-0.05, 0) is 19.8 Å². The van der Waals surface area contributed by atoms with Crippen molar-refractivity contribution in [2.75, 3.05) is 52.5 Å². The smallest absolute Gasteiger partial charge is 0.409 e. The van der Waals surface area contributed by atoms with Gasteiger partial charge in [0.15, 0.2) is 0 Å². The molecule has 1 aromatic heterocycles. The summed E-state index contributed by atoms with van der Waals surface area (Å²) in [7, 11) is 0. The van der Waals surface area contributed by atoms with E-state index in [1.165, 1.54) is 15.9 Å². The Kier molecular flexibility index (Phi) is 13.4. The number of unbranched alkanes of at least 4 members (excludes halogenated alkanes) is 1. The molecule has 0 spiro atoms. The molecule has 0 aliphatic carbocycles. The number of aromatic nitrogens is 1. The van der Waals surface area contributed by atoms with Crippen LogP contribution in [0.4, 0.5) is 9.59 Å². The second-order valence-electron chi connectivity index (χ2n) is 11.7. The maximum absolute atomic E-state index is 13.7. The summed E-state index contributed by atoms with van der Waals surface area (Å²) in [5, 5.41) is 12.1. The lowest BCUT2D eigenvalue weighted by molar-refractivity contribution is -0.138. The first-order valence-electron chi connectivity index (χ1n) is 16.6. The van der Waals surface area contributed by atoms with E-state index in [0.717, 1.165) is 18.4 Å². The number of nitrogens with one attached hydrogen (secondary N) is 1. The molecule has 1 atom stereocenters. The maximum Gasteiger partial charge on any atom is 0.409 e. The monoisotopic (exact) mass is 667 g/mol. The quantitative estimate of drug-likeness (QED) is 0.300. The number of rotatable bonds is 13. The van der Waals surface area contributed by atoms with E-state index in [0.29, 0.717) is 50.6 Å². The molecule has 2 fully saturated rings. The molecule has 48 heavy (non-hydrogen) atoms. The molecule has 0 radical (unpaired) electrons. The SMILES string of the molecule is CCCCOC(=O)N1CCN(C(=O)[C@H](CCC(=O)O)NC(=O)c2cc(OC3CCN(C(=O)OCC)CC3)cc(-c3ccccc3)n2)CC1. The van der Waals surface area contributed by atoms with E-state index in [2.05, 4.69) is 10.3 Å². The zero-order valence-electron chi connectivity index (χ0n) is 27.6. The third-order valence-electron chi connectivity index (χ3n) is 8.20. The number of hydrogen-bond donors (Lipinski definition) is 2. The number of carbonyl (C=O) groups excluding carboxylic acids is 4. The fourth-order valence-electron chi connectivity index (χ4n) is 5.49. The van der Waals surface area contributed by atoms with Gasteiger partial charge in [-0.25, -0.2) is 14.6 Å². The molecule has 0 bridgehead atoms. The molecule has 2 saturated heterocycles. The van der Waals surface area contributed by atoms with E-state index >= 15 is 0 Å². The predicted molar refractivity (Wildman–Crippen MR) is 174 cm³/mol. The van der Waals surface area contributed by atoms with Crippen LogP contribution in [-0.4, -0.2) is 119 Å². The van der Waals surface area contributed by atoms with E-state index in [4.69, 9.17) is 14.2 Å². The van der Waals surface area contributed by atoms with Crippen LogP contribution in [0, 0.1) is 0 Å². The molecule has 260 valence electrons. The van der Waals surface area contributed by atoms with Gasteiger partial charge in [-0.1, -0.05) is 43.7 Å². The maximum atomic E-state index is 13.7. The van der Waals surface area contributed by atoms with Gasteiger partial charge in [0.25, 0.3) is 5.91 Å². The summed E-state index contributed by atoms with van der Waals surface area (Å²) in [4.78, 5) is 72.5. The minimum absolute atomic E-state index is 0.00285. The Morgan fingerprint density at radius 3 is 2.19 bits per heavy atom. The van der Waals surface area contributed by atoms with Crippen molar-refractivity contribution in [1.29, 1.82) is 0 Å². The van der Waals surface area contributed by atoms with Crippen molar-refractivity contribution in [2.24, 2.45) is 0 Å². The molecule has 4 amide bonds.